The van der Waals surface area contributed by atoms with E-state index in [0.717, 1.165) is 22.7 Å². The van der Waals surface area contributed by atoms with Gasteiger partial charge in [0.05, 0.1) is 11.5 Å². The molecule has 0 bridgehead atoms. The predicted molar refractivity (Wildman–Crippen MR) is 127 cm³/mol. The smallest absolute Gasteiger partial charge is 0.263 e. The highest BCUT2D eigenvalue weighted by Crippen LogP contribution is 2.46. The molecule has 1 N–H and O–H groups in total. The van der Waals surface area contributed by atoms with E-state index < -0.39 is 22.4 Å². The number of piperidine rings is 1. The number of anilines is 1. The van der Waals surface area contributed by atoms with E-state index >= 15 is 0 Å². The van der Waals surface area contributed by atoms with E-state index in [4.69, 9.17) is 4.74 Å². The molecule has 12 heteroatoms. The molecule has 1 aromatic heterocycles. The predicted octanol–water partition coefficient (Wildman–Crippen LogP) is 5.27. The van der Waals surface area contributed by atoms with Gasteiger partial charge in [0.1, 0.15) is 17.9 Å². The number of benzene rings is 2. The monoisotopic (exact) mass is 526 g/mol. The zero-order valence-corrected chi connectivity index (χ0v) is 20.1. The number of hydrogen-bond acceptors (Lipinski definition) is 7. The second kappa shape index (κ2) is 9.75. The van der Waals surface area contributed by atoms with Crippen LogP contribution in [-0.4, -0.2) is 42.3 Å². The van der Waals surface area contributed by atoms with Gasteiger partial charge in [0, 0.05) is 49.0 Å². The van der Waals surface area contributed by atoms with Gasteiger partial charge in [0.15, 0.2) is 0 Å². The van der Waals surface area contributed by atoms with E-state index in [1.54, 1.807) is 18.2 Å². The van der Waals surface area contributed by atoms with E-state index in [1.807, 2.05) is 0 Å². The van der Waals surface area contributed by atoms with Gasteiger partial charge in [-0.3, -0.25) is 9.62 Å². The van der Waals surface area contributed by atoms with Crippen LogP contribution in [0.25, 0.3) is 0 Å². The molecule has 5 rings (SSSR count). The Morgan fingerprint density at radius 3 is 2.66 bits per heavy atom. The molecular formula is C23H25F3N4O3S2. The molecule has 0 saturated carbocycles. The van der Waals surface area contributed by atoms with Gasteiger partial charge >= 0.3 is 0 Å². The van der Waals surface area contributed by atoms with Crippen LogP contribution in [0.1, 0.15) is 43.9 Å². The summed E-state index contributed by atoms with van der Waals surface area (Å²) in [5, 5.41) is 0.158. The zero-order chi connectivity index (χ0) is 24.6. The Kier molecular flexibility index (Phi) is 6.69. The number of sulfonamides is 1. The summed E-state index contributed by atoms with van der Waals surface area (Å²) < 4.78 is 78.3. The first-order chi connectivity index (χ1) is 16.8. The van der Waals surface area contributed by atoms with Gasteiger partial charge in [0.2, 0.25) is 11.6 Å². The maximum absolute atomic E-state index is 13.6. The van der Waals surface area contributed by atoms with Gasteiger partial charge in [-0.2, -0.15) is 4.37 Å². The lowest BCUT2D eigenvalue weighted by molar-refractivity contribution is -0.0134. The molecule has 0 aliphatic carbocycles. The van der Waals surface area contributed by atoms with Crippen LogP contribution in [0, 0.1) is 11.7 Å². The molecule has 3 heterocycles. The van der Waals surface area contributed by atoms with Crippen LogP contribution in [0.5, 0.6) is 5.75 Å². The number of rotatable bonds is 6. The summed E-state index contributed by atoms with van der Waals surface area (Å²) in [6.07, 6.45) is 0.0706. The molecule has 3 aromatic rings. The number of nitrogens with zero attached hydrogens (tertiary/aromatic N) is 3. The summed E-state index contributed by atoms with van der Waals surface area (Å²) in [7, 11) is -3.89. The topological polar surface area (TPSA) is 84.4 Å². The Labute approximate surface area is 206 Å². The van der Waals surface area contributed by atoms with Gasteiger partial charge < -0.3 is 4.74 Å². The molecule has 0 radical (unpaired) electrons. The van der Waals surface area contributed by atoms with Crippen LogP contribution in [0.3, 0.4) is 0 Å². The SMILES string of the molecule is O=S(=O)(Nc1ncns1)c1ccc2c(c1)OCC[C@@H]2N1CC[C@H](C(F)F)C[C@@H]1c1ccc(F)cc1.[HH]. The second-order valence-corrected chi connectivity index (χ2v) is 11.1. The lowest BCUT2D eigenvalue weighted by atomic mass is 9.84. The highest BCUT2D eigenvalue weighted by molar-refractivity contribution is 7.93. The van der Waals surface area contributed by atoms with Crippen molar-refractivity contribution in [1.29, 1.82) is 0 Å². The van der Waals surface area contributed by atoms with Crippen molar-refractivity contribution in [2.24, 2.45) is 5.92 Å². The minimum absolute atomic E-state index is 0. The number of ether oxygens (including phenoxy) is 1. The first-order valence-electron chi connectivity index (χ1n) is 11.2. The lowest BCUT2D eigenvalue weighted by Crippen LogP contribution is -2.42. The Morgan fingerprint density at radius 2 is 1.94 bits per heavy atom. The summed E-state index contributed by atoms with van der Waals surface area (Å²) in [5.74, 6) is -0.677. The molecular weight excluding hydrogens is 501 g/mol. The summed E-state index contributed by atoms with van der Waals surface area (Å²) in [6, 6.07) is 10.2. The van der Waals surface area contributed by atoms with Crippen LogP contribution >= 0.6 is 11.5 Å². The molecule has 35 heavy (non-hydrogen) atoms. The van der Waals surface area contributed by atoms with Crippen molar-refractivity contribution >= 4 is 26.7 Å². The average Bonchev–Trinajstić information content (AvgIpc) is 3.36. The zero-order valence-electron chi connectivity index (χ0n) is 18.5. The minimum atomic E-state index is -3.89. The van der Waals surface area contributed by atoms with Crippen LogP contribution in [0.4, 0.5) is 18.3 Å². The third-order valence-electron chi connectivity index (χ3n) is 6.58. The van der Waals surface area contributed by atoms with Crippen molar-refractivity contribution in [3.05, 3.63) is 65.7 Å². The van der Waals surface area contributed by atoms with Crippen molar-refractivity contribution in [2.45, 2.75) is 42.7 Å². The third-order valence-corrected chi connectivity index (χ3v) is 8.63. The molecule has 0 amide bonds. The Hall–Kier alpha value is -2.70. The molecule has 2 aliphatic rings. The summed E-state index contributed by atoms with van der Waals surface area (Å²) >= 11 is 0.927. The van der Waals surface area contributed by atoms with E-state index in [1.165, 1.54) is 30.6 Å². The second-order valence-electron chi connectivity index (χ2n) is 8.63. The number of nitrogens with one attached hydrogen (secondary N) is 1. The molecule has 0 unspecified atom stereocenters. The van der Waals surface area contributed by atoms with Crippen molar-refractivity contribution in [1.82, 2.24) is 14.3 Å². The van der Waals surface area contributed by atoms with Crippen LogP contribution in [0.2, 0.25) is 0 Å². The molecule has 2 aromatic carbocycles. The van der Waals surface area contributed by atoms with Crippen LogP contribution < -0.4 is 9.46 Å². The fourth-order valence-electron chi connectivity index (χ4n) is 4.88. The van der Waals surface area contributed by atoms with Gasteiger partial charge in [-0.05, 0) is 43.1 Å². The standard InChI is InChI=1S/C23H23F3N4O3S2.H2/c24-16-3-1-14(2-4-16)20-11-15(22(25)26)7-9-30(20)19-8-10-33-21-12-17(5-6-18(19)21)35(31,32)29-23-27-13-28-34-23;/h1-6,12-13,15,19-20,22H,7-11H2,(H,27,28,29);1H/t15-,19-,20+;/m0./s1. The first-order valence-corrected chi connectivity index (χ1v) is 13.4. The molecule has 0 spiro atoms. The van der Waals surface area contributed by atoms with Crippen LogP contribution in [0.15, 0.2) is 53.7 Å². The van der Waals surface area contributed by atoms with Gasteiger partial charge in [-0.15, -0.1) is 0 Å². The molecule has 2 aliphatic heterocycles. The van der Waals surface area contributed by atoms with Crippen molar-refractivity contribution < 1.29 is 27.8 Å². The Morgan fingerprint density at radius 1 is 1.14 bits per heavy atom. The summed E-state index contributed by atoms with van der Waals surface area (Å²) in [5.41, 5.74) is 1.58. The molecule has 1 saturated heterocycles. The number of likely N-dealkylation sites (tertiary alicyclic amines) is 1. The number of aromatic nitrogens is 2. The lowest BCUT2D eigenvalue weighted by Gasteiger charge is -2.45. The Balaban J connectivity index is 0.00000304. The normalized spacial score (nSPS) is 23.0. The van der Waals surface area contributed by atoms with E-state index in [-0.39, 0.29) is 35.8 Å². The highest BCUT2D eigenvalue weighted by Gasteiger charge is 2.39. The highest BCUT2D eigenvalue weighted by atomic mass is 32.2. The maximum atomic E-state index is 13.6. The van der Waals surface area contributed by atoms with Gasteiger partial charge in [-0.1, -0.05) is 18.2 Å². The van der Waals surface area contributed by atoms with E-state index in [2.05, 4.69) is 19.0 Å². The number of fused-ring (bicyclic) bond motifs is 1. The fourth-order valence-corrected chi connectivity index (χ4v) is 6.56. The van der Waals surface area contributed by atoms with Gasteiger partial charge in [0.25, 0.3) is 10.0 Å². The number of alkyl halides is 2. The third kappa shape index (κ3) is 5.00. The van der Waals surface area contributed by atoms with E-state index in [9.17, 15) is 21.6 Å². The fraction of sp³-hybridized carbons (Fsp3) is 0.391. The van der Waals surface area contributed by atoms with Gasteiger partial charge in [-0.25, -0.2) is 26.6 Å². The average molecular weight is 527 g/mol. The molecule has 3 atom stereocenters. The van der Waals surface area contributed by atoms with Crippen molar-refractivity contribution in [3.63, 3.8) is 0 Å². The number of hydrogen-bond donors (Lipinski definition) is 1. The first kappa shape index (κ1) is 24.0. The molecule has 1 fully saturated rings. The quantitative estimate of drug-likeness (QED) is 0.471. The van der Waals surface area contributed by atoms with Crippen molar-refractivity contribution in [2.75, 3.05) is 17.9 Å². The molecule has 7 nitrogen and oxygen atoms in total. The molecule has 188 valence electrons. The summed E-state index contributed by atoms with van der Waals surface area (Å²) in [6.45, 7) is 0.801. The Bertz CT molecular complexity index is 1280. The maximum Gasteiger partial charge on any atom is 0.263 e. The van der Waals surface area contributed by atoms with Crippen molar-refractivity contribution in [3.8, 4) is 5.75 Å². The van der Waals surface area contributed by atoms with E-state index in [0.29, 0.717) is 31.7 Å². The van der Waals surface area contributed by atoms with Crippen LogP contribution in [-0.2, 0) is 10.0 Å². The minimum Gasteiger partial charge on any atom is -0.493 e. The number of halogens is 3. The largest absolute Gasteiger partial charge is 0.493 e. The summed E-state index contributed by atoms with van der Waals surface area (Å²) in [4.78, 5) is 6.05.